The number of carbonyl (C=O) groups excluding carboxylic acids is 2. The van der Waals surface area contributed by atoms with Crippen LogP contribution in [0.2, 0.25) is 0 Å². The predicted octanol–water partition coefficient (Wildman–Crippen LogP) is 7.30. The molecule has 0 saturated carbocycles. The smallest absolute Gasteiger partial charge is 0.332 e. The van der Waals surface area contributed by atoms with E-state index in [1.165, 1.54) is 0 Å². The summed E-state index contributed by atoms with van der Waals surface area (Å²) in [5.41, 5.74) is 3.03. The van der Waals surface area contributed by atoms with Crippen molar-refractivity contribution in [2.24, 2.45) is 4.99 Å². The van der Waals surface area contributed by atoms with E-state index < -0.39 is 23.5 Å². The Morgan fingerprint density at radius 3 is 1.62 bits per heavy atom. The lowest BCUT2D eigenvalue weighted by atomic mass is 9.85. The standard InChI is InChI=1S/C35H35NO4/c1-35(2,3)40-34(38)33(36-32(27-16-10-6-11-17-27)28-18-12-7-13-19-28)30(25-20-22-29(39-4)23-21-25)24-31(37)26-14-8-5-9-15-26/h5-23,30,33H,24H2,1-4H3/t30-,33+/m0/s1. The summed E-state index contributed by atoms with van der Waals surface area (Å²) in [5.74, 6) is -0.468. The molecule has 0 aliphatic carbocycles. The lowest BCUT2D eigenvalue weighted by Crippen LogP contribution is -2.36. The van der Waals surface area contributed by atoms with Crippen molar-refractivity contribution in [2.45, 2.75) is 44.8 Å². The van der Waals surface area contributed by atoms with Crippen LogP contribution in [0.3, 0.4) is 0 Å². The van der Waals surface area contributed by atoms with Crippen LogP contribution in [0.15, 0.2) is 120 Å². The lowest BCUT2D eigenvalue weighted by molar-refractivity contribution is -0.156. The van der Waals surface area contributed by atoms with Gasteiger partial charge in [-0.2, -0.15) is 0 Å². The van der Waals surface area contributed by atoms with E-state index in [1.54, 1.807) is 19.2 Å². The van der Waals surface area contributed by atoms with Crippen molar-refractivity contribution in [2.75, 3.05) is 7.11 Å². The molecule has 4 aromatic rings. The van der Waals surface area contributed by atoms with Crippen LogP contribution in [-0.2, 0) is 9.53 Å². The van der Waals surface area contributed by atoms with Gasteiger partial charge in [0.05, 0.1) is 12.8 Å². The first-order valence-electron chi connectivity index (χ1n) is 13.4. The first-order valence-corrected chi connectivity index (χ1v) is 13.4. The molecule has 0 amide bonds. The summed E-state index contributed by atoms with van der Waals surface area (Å²) in [4.78, 5) is 32.6. The van der Waals surface area contributed by atoms with Gasteiger partial charge in [-0.15, -0.1) is 0 Å². The van der Waals surface area contributed by atoms with Gasteiger partial charge < -0.3 is 9.47 Å². The summed E-state index contributed by atoms with van der Waals surface area (Å²) >= 11 is 0. The second-order valence-electron chi connectivity index (χ2n) is 10.6. The van der Waals surface area contributed by atoms with Gasteiger partial charge in [0.25, 0.3) is 0 Å². The number of hydrogen-bond donors (Lipinski definition) is 0. The molecular formula is C35H35NO4. The molecule has 204 valence electrons. The molecule has 0 N–H and O–H groups in total. The van der Waals surface area contributed by atoms with Gasteiger partial charge in [-0.25, -0.2) is 4.79 Å². The Kier molecular flexibility index (Phi) is 9.28. The highest BCUT2D eigenvalue weighted by molar-refractivity contribution is 6.13. The van der Waals surface area contributed by atoms with Crippen LogP contribution in [-0.4, -0.2) is 36.2 Å². The number of hydrogen-bond acceptors (Lipinski definition) is 5. The zero-order valence-electron chi connectivity index (χ0n) is 23.4. The molecule has 5 heteroatoms. The van der Waals surface area contributed by atoms with Crippen LogP contribution in [0.25, 0.3) is 0 Å². The molecule has 0 unspecified atom stereocenters. The van der Waals surface area contributed by atoms with Crippen LogP contribution >= 0.6 is 0 Å². The van der Waals surface area contributed by atoms with Crippen LogP contribution in [0.4, 0.5) is 0 Å². The zero-order chi connectivity index (χ0) is 28.5. The number of Topliss-reactive ketones (excluding diaryl/α,β-unsaturated/α-hetero) is 1. The van der Waals surface area contributed by atoms with Crippen molar-refractivity contribution < 1.29 is 19.1 Å². The first-order chi connectivity index (χ1) is 19.2. The van der Waals surface area contributed by atoms with Gasteiger partial charge in [-0.3, -0.25) is 9.79 Å². The third-order valence-electron chi connectivity index (χ3n) is 6.44. The third kappa shape index (κ3) is 7.54. The Bertz CT molecular complexity index is 1380. The van der Waals surface area contributed by atoms with Crippen molar-refractivity contribution >= 4 is 17.5 Å². The highest BCUT2D eigenvalue weighted by Crippen LogP contribution is 2.32. The van der Waals surface area contributed by atoms with Crippen molar-refractivity contribution in [3.8, 4) is 5.75 Å². The number of methoxy groups -OCH3 is 1. The van der Waals surface area contributed by atoms with Gasteiger partial charge in [-0.1, -0.05) is 103 Å². The fraction of sp³-hybridized carbons (Fsp3) is 0.229. The second-order valence-corrected chi connectivity index (χ2v) is 10.6. The largest absolute Gasteiger partial charge is 0.497 e. The summed E-state index contributed by atoms with van der Waals surface area (Å²) in [6.07, 6.45) is 0.0701. The van der Waals surface area contributed by atoms with E-state index in [4.69, 9.17) is 14.5 Å². The minimum Gasteiger partial charge on any atom is -0.497 e. The van der Waals surface area contributed by atoms with Crippen LogP contribution in [0, 0.1) is 0 Å². The Morgan fingerprint density at radius 1 is 0.700 bits per heavy atom. The molecule has 40 heavy (non-hydrogen) atoms. The van der Waals surface area contributed by atoms with Crippen molar-refractivity contribution in [1.29, 1.82) is 0 Å². The van der Waals surface area contributed by atoms with Crippen LogP contribution in [0.5, 0.6) is 5.75 Å². The molecule has 0 spiro atoms. The summed E-state index contributed by atoms with van der Waals surface area (Å²) in [5, 5.41) is 0. The Hall–Kier alpha value is -4.51. The topological polar surface area (TPSA) is 65.0 Å². The van der Waals surface area contributed by atoms with Crippen LogP contribution in [0.1, 0.15) is 60.2 Å². The van der Waals surface area contributed by atoms with E-state index in [0.29, 0.717) is 17.0 Å². The highest BCUT2D eigenvalue weighted by Gasteiger charge is 2.35. The fourth-order valence-corrected chi connectivity index (χ4v) is 4.52. The molecule has 0 bridgehead atoms. The monoisotopic (exact) mass is 533 g/mol. The number of esters is 1. The number of carbonyl (C=O) groups is 2. The number of rotatable bonds is 10. The Morgan fingerprint density at radius 2 is 1.18 bits per heavy atom. The van der Waals surface area contributed by atoms with E-state index in [1.807, 2.05) is 124 Å². The normalized spacial score (nSPS) is 12.6. The SMILES string of the molecule is COc1ccc([C@H](CC(=O)c2ccccc2)[C@@H](N=C(c2ccccc2)c2ccccc2)C(=O)OC(C)(C)C)cc1. The molecular weight excluding hydrogens is 498 g/mol. The molecule has 0 heterocycles. The molecule has 2 atom stereocenters. The molecule has 4 rings (SSSR count). The van der Waals surface area contributed by atoms with Gasteiger partial charge in [0.1, 0.15) is 11.4 Å². The Balaban J connectivity index is 1.90. The molecule has 0 aliphatic rings. The number of ketones is 1. The summed E-state index contributed by atoms with van der Waals surface area (Å²) < 4.78 is 11.3. The number of nitrogens with zero attached hydrogens (tertiary/aromatic N) is 1. The number of aliphatic imine (C=N–C) groups is 1. The molecule has 0 radical (unpaired) electrons. The Labute approximate surface area is 236 Å². The summed E-state index contributed by atoms with van der Waals surface area (Å²) in [7, 11) is 1.60. The van der Waals surface area contributed by atoms with E-state index in [-0.39, 0.29) is 12.2 Å². The highest BCUT2D eigenvalue weighted by atomic mass is 16.6. The zero-order valence-corrected chi connectivity index (χ0v) is 23.4. The molecule has 0 fully saturated rings. The van der Waals surface area contributed by atoms with E-state index in [2.05, 4.69) is 0 Å². The quantitative estimate of drug-likeness (QED) is 0.122. The molecule has 5 nitrogen and oxygen atoms in total. The van der Waals surface area contributed by atoms with Gasteiger partial charge in [0.15, 0.2) is 11.8 Å². The van der Waals surface area contributed by atoms with Crippen molar-refractivity contribution in [1.82, 2.24) is 0 Å². The fourth-order valence-electron chi connectivity index (χ4n) is 4.52. The molecule has 0 aliphatic heterocycles. The maximum Gasteiger partial charge on any atom is 0.332 e. The molecule has 4 aromatic carbocycles. The molecule has 0 saturated heterocycles. The number of benzene rings is 4. The maximum atomic E-state index is 13.9. The lowest BCUT2D eigenvalue weighted by Gasteiger charge is -2.28. The summed E-state index contributed by atoms with van der Waals surface area (Å²) in [6.45, 7) is 5.50. The predicted molar refractivity (Wildman–Crippen MR) is 159 cm³/mol. The van der Waals surface area contributed by atoms with Gasteiger partial charge in [-0.05, 0) is 38.5 Å². The average molecular weight is 534 g/mol. The van der Waals surface area contributed by atoms with Crippen LogP contribution < -0.4 is 4.74 Å². The minimum atomic E-state index is -0.990. The van der Waals surface area contributed by atoms with E-state index in [9.17, 15) is 9.59 Å². The van der Waals surface area contributed by atoms with E-state index in [0.717, 1.165) is 16.7 Å². The number of ether oxygens (including phenoxy) is 2. The van der Waals surface area contributed by atoms with Gasteiger partial charge >= 0.3 is 5.97 Å². The molecule has 0 aromatic heterocycles. The maximum absolute atomic E-state index is 13.9. The second kappa shape index (κ2) is 13.0. The average Bonchev–Trinajstić information content (AvgIpc) is 2.97. The third-order valence-corrected chi connectivity index (χ3v) is 6.44. The minimum absolute atomic E-state index is 0.0701. The van der Waals surface area contributed by atoms with E-state index >= 15 is 0 Å². The van der Waals surface area contributed by atoms with Crippen molar-refractivity contribution in [3.05, 3.63) is 138 Å². The van der Waals surface area contributed by atoms with Crippen molar-refractivity contribution in [3.63, 3.8) is 0 Å². The summed E-state index contributed by atoms with van der Waals surface area (Å²) in [6, 6.07) is 35.1. The van der Waals surface area contributed by atoms with Gasteiger partial charge in [0.2, 0.25) is 0 Å². The van der Waals surface area contributed by atoms with Gasteiger partial charge in [0, 0.05) is 29.0 Å². The first kappa shape index (κ1) is 28.5.